The van der Waals surface area contributed by atoms with Crippen molar-refractivity contribution in [2.75, 3.05) is 0 Å². The molecule has 1 aromatic carbocycles. The van der Waals surface area contributed by atoms with Gasteiger partial charge in [0.25, 0.3) is 0 Å². The van der Waals surface area contributed by atoms with E-state index < -0.39 is 0 Å². The first kappa shape index (κ1) is 8.97. The van der Waals surface area contributed by atoms with E-state index in [-0.39, 0.29) is 5.82 Å². The molecule has 2 rings (SSSR count). The summed E-state index contributed by atoms with van der Waals surface area (Å²) in [6, 6.07) is 3.24. The molecule has 0 spiro atoms. The molecular formula is C10H8ClFS. The fraction of sp³-hybridized carbons (Fsp3) is 0.200. The normalized spacial score (nSPS) is 11.0. The molecule has 0 amide bonds. The minimum Gasteiger partial charge on any atom is -0.206 e. The second kappa shape index (κ2) is 3.28. The minimum absolute atomic E-state index is 0.150. The maximum atomic E-state index is 13.4. The quantitative estimate of drug-likeness (QED) is 0.628. The molecule has 0 aliphatic rings. The van der Waals surface area contributed by atoms with Gasteiger partial charge in [-0.1, -0.05) is 6.07 Å². The molecule has 0 N–H and O–H groups in total. The lowest BCUT2D eigenvalue weighted by atomic mass is 10.1. The van der Waals surface area contributed by atoms with Crippen LogP contribution in [0.15, 0.2) is 17.5 Å². The van der Waals surface area contributed by atoms with Gasteiger partial charge in [0.15, 0.2) is 0 Å². The third kappa shape index (κ3) is 1.34. The Morgan fingerprint density at radius 3 is 2.92 bits per heavy atom. The van der Waals surface area contributed by atoms with Crippen LogP contribution in [0.3, 0.4) is 0 Å². The monoisotopic (exact) mass is 214 g/mol. The zero-order chi connectivity index (χ0) is 9.42. The van der Waals surface area contributed by atoms with Crippen LogP contribution < -0.4 is 0 Å². The Hall–Kier alpha value is -0.600. The van der Waals surface area contributed by atoms with Crippen molar-refractivity contribution in [2.24, 2.45) is 0 Å². The summed E-state index contributed by atoms with van der Waals surface area (Å²) in [6.45, 7) is 1.92. The second-order valence-electron chi connectivity index (χ2n) is 2.96. The molecule has 0 nitrogen and oxygen atoms in total. The van der Waals surface area contributed by atoms with Gasteiger partial charge < -0.3 is 0 Å². The van der Waals surface area contributed by atoms with Crippen LogP contribution in [-0.4, -0.2) is 0 Å². The van der Waals surface area contributed by atoms with Crippen LogP contribution in [0.1, 0.15) is 11.1 Å². The molecule has 0 bridgehead atoms. The van der Waals surface area contributed by atoms with Crippen molar-refractivity contribution in [3.8, 4) is 0 Å². The predicted molar refractivity (Wildman–Crippen MR) is 56.1 cm³/mol. The van der Waals surface area contributed by atoms with Gasteiger partial charge in [0, 0.05) is 16.0 Å². The van der Waals surface area contributed by atoms with Gasteiger partial charge >= 0.3 is 0 Å². The van der Waals surface area contributed by atoms with Gasteiger partial charge in [-0.05, 0) is 29.5 Å². The van der Waals surface area contributed by atoms with Crippen molar-refractivity contribution in [1.82, 2.24) is 0 Å². The molecular weight excluding hydrogens is 207 g/mol. The summed E-state index contributed by atoms with van der Waals surface area (Å²) >= 11 is 7.31. The average molecular weight is 215 g/mol. The molecule has 1 aromatic heterocycles. The van der Waals surface area contributed by atoms with Crippen molar-refractivity contribution in [3.05, 3.63) is 34.5 Å². The van der Waals surface area contributed by atoms with E-state index in [4.69, 9.17) is 11.6 Å². The van der Waals surface area contributed by atoms with Crippen LogP contribution >= 0.6 is 22.9 Å². The van der Waals surface area contributed by atoms with Gasteiger partial charge in [0.1, 0.15) is 5.82 Å². The topological polar surface area (TPSA) is 0 Å². The van der Waals surface area contributed by atoms with Crippen molar-refractivity contribution in [3.63, 3.8) is 0 Å². The zero-order valence-corrected chi connectivity index (χ0v) is 8.68. The Morgan fingerprint density at radius 2 is 2.23 bits per heavy atom. The lowest BCUT2D eigenvalue weighted by Gasteiger charge is -1.99. The summed E-state index contributed by atoms with van der Waals surface area (Å²) in [7, 11) is 0. The number of hydrogen-bond donors (Lipinski definition) is 0. The SMILES string of the molecule is Cc1csc2c(CCl)ccc(F)c12. The number of alkyl halides is 1. The van der Waals surface area contributed by atoms with E-state index in [0.717, 1.165) is 21.2 Å². The summed E-state index contributed by atoms with van der Waals surface area (Å²) < 4.78 is 14.3. The fourth-order valence-electron chi connectivity index (χ4n) is 1.42. The van der Waals surface area contributed by atoms with Gasteiger partial charge in [0.05, 0.1) is 0 Å². The third-order valence-corrected chi connectivity index (χ3v) is 3.54. The lowest BCUT2D eigenvalue weighted by Crippen LogP contribution is -1.82. The Kier molecular flexibility index (Phi) is 2.26. The van der Waals surface area contributed by atoms with E-state index in [9.17, 15) is 4.39 Å². The summed E-state index contributed by atoms with van der Waals surface area (Å²) in [6.07, 6.45) is 0. The predicted octanol–water partition coefficient (Wildman–Crippen LogP) is 4.09. The van der Waals surface area contributed by atoms with Crippen LogP contribution in [0.25, 0.3) is 10.1 Å². The maximum absolute atomic E-state index is 13.4. The summed E-state index contributed by atoms with van der Waals surface area (Å²) in [5.41, 5.74) is 2.00. The highest BCUT2D eigenvalue weighted by Gasteiger charge is 2.09. The number of benzene rings is 1. The summed E-state index contributed by atoms with van der Waals surface area (Å²) in [4.78, 5) is 0. The van der Waals surface area contributed by atoms with Crippen LogP contribution in [0.4, 0.5) is 4.39 Å². The van der Waals surface area contributed by atoms with Gasteiger partial charge in [0.2, 0.25) is 0 Å². The van der Waals surface area contributed by atoms with Crippen molar-refractivity contribution >= 4 is 33.0 Å². The largest absolute Gasteiger partial charge is 0.206 e. The molecule has 0 radical (unpaired) electrons. The molecule has 13 heavy (non-hydrogen) atoms. The number of thiophene rings is 1. The summed E-state index contributed by atoms with van der Waals surface area (Å²) in [5.74, 6) is 0.291. The smallest absolute Gasteiger partial charge is 0.132 e. The van der Waals surface area contributed by atoms with Crippen LogP contribution in [0, 0.1) is 12.7 Å². The standard InChI is InChI=1S/C10H8ClFS/c1-6-5-13-10-7(4-11)2-3-8(12)9(6)10/h2-3,5H,4H2,1H3. The average Bonchev–Trinajstić information content (AvgIpc) is 2.50. The van der Waals surface area contributed by atoms with E-state index in [1.807, 2.05) is 12.3 Å². The molecule has 0 saturated heterocycles. The van der Waals surface area contributed by atoms with E-state index in [2.05, 4.69) is 0 Å². The van der Waals surface area contributed by atoms with Crippen molar-refractivity contribution in [1.29, 1.82) is 0 Å². The molecule has 2 aromatic rings. The van der Waals surface area contributed by atoms with Crippen LogP contribution in [-0.2, 0) is 5.88 Å². The van der Waals surface area contributed by atoms with Gasteiger partial charge in [-0.2, -0.15) is 0 Å². The van der Waals surface area contributed by atoms with Crippen molar-refractivity contribution in [2.45, 2.75) is 12.8 Å². The molecule has 0 aliphatic heterocycles. The van der Waals surface area contributed by atoms with Gasteiger partial charge in [-0.3, -0.25) is 0 Å². The number of halogens is 2. The number of fused-ring (bicyclic) bond motifs is 1. The molecule has 0 saturated carbocycles. The lowest BCUT2D eigenvalue weighted by molar-refractivity contribution is 0.639. The Balaban J connectivity index is 2.87. The molecule has 3 heteroatoms. The first-order chi connectivity index (χ1) is 6.24. The molecule has 0 unspecified atom stereocenters. The molecule has 0 atom stereocenters. The van der Waals surface area contributed by atoms with E-state index in [0.29, 0.717) is 5.88 Å². The van der Waals surface area contributed by atoms with E-state index in [1.54, 1.807) is 17.4 Å². The van der Waals surface area contributed by atoms with Crippen LogP contribution in [0.5, 0.6) is 0 Å². The first-order valence-electron chi connectivity index (χ1n) is 3.95. The highest BCUT2D eigenvalue weighted by atomic mass is 35.5. The Bertz CT molecular complexity index is 447. The number of rotatable bonds is 1. The Labute approximate surface area is 85.0 Å². The fourth-order valence-corrected chi connectivity index (χ4v) is 2.80. The third-order valence-electron chi connectivity index (χ3n) is 2.08. The number of hydrogen-bond acceptors (Lipinski definition) is 1. The number of aryl methyl sites for hydroxylation is 1. The second-order valence-corrected chi connectivity index (χ2v) is 4.11. The highest BCUT2D eigenvalue weighted by Crippen LogP contribution is 2.31. The minimum atomic E-state index is -0.150. The van der Waals surface area contributed by atoms with Gasteiger partial charge in [-0.15, -0.1) is 22.9 Å². The molecule has 0 aliphatic carbocycles. The van der Waals surface area contributed by atoms with Gasteiger partial charge in [-0.25, -0.2) is 4.39 Å². The summed E-state index contributed by atoms with van der Waals surface area (Å²) in [5, 5.41) is 2.69. The van der Waals surface area contributed by atoms with E-state index in [1.165, 1.54) is 6.07 Å². The van der Waals surface area contributed by atoms with E-state index >= 15 is 0 Å². The van der Waals surface area contributed by atoms with Crippen molar-refractivity contribution < 1.29 is 4.39 Å². The Morgan fingerprint density at radius 1 is 1.46 bits per heavy atom. The molecule has 0 fully saturated rings. The maximum Gasteiger partial charge on any atom is 0.132 e. The molecule has 68 valence electrons. The zero-order valence-electron chi connectivity index (χ0n) is 7.10. The highest BCUT2D eigenvalue weighted by molar-refractivity contribution is 7.17. The van der Waals surface area contributed by atoms with Crippen LogP contribution in [0.2, 0.25) is 0 Å². The molecule has 1 heterocycles. The first-order valence-corrected chi connectivity index (χ1v) is 5.36.